The lowest BCUT2D eigenvalue weighted by Crippen LogP contribution is -2.55. The zero-order valence-electron chi connectivity index (χ0n) is 13.3. The number of nitrogens with two attached hydrogens (primary N) is 1. The first-order valence-electron chi connectivity index (χ1n) is 7.66. The van der Waals surface area contributed by atoms with E-state index in [1.165, 1.54) is 38.6 Å². The van der Waals surface area contributed by atoms with E-state index in [2.05, 4.69) is 44.7 Å². The predicted molar refractivity (Wildman–Crippen MR) is 82.0 cm³/mol. The van der Waals surface area contributed by atoms with Gasteiger partial charge in [-0.2, -0.15) is 0 Å². The van der Waals surface area contributed by atoms with Crippen molar-refractivity contribution in [3.05, 3.63) is 0 Å². The van der Waals surface area contributed by atoms with E-state index in [0.717, 1.165) is 19.6 Å². The average molecular weight is 257 g/mol. The van der Waals surface area contributed by atoms with Crippen LogP contribution in [0, 0.1) is 0 Å². The van der Waals surface area contributed by atoms with E-state index in [1.807, 2.05) is 0 Å². The number of hydrogen-bond donors (Lipinski definition) is 1. The van der Waals surface area contributed by atoms with E-state index in [4.69, 9.17) is 5.73 Å². The molecule has 0 heterocycles. The van der Waals surface area contributed by atoms with Gasteiger partial charge in [-0.3, -0.25) is 4.90 Å². The Morgan fingerprint density at radius 1 is 0.833 bits per heavy atom. The third-order valence-electron chi connectivity index (χ3n) is 3.79. The second-order valence-electron chi connectivity index (χ2n) is 5.72. The molecule has 0 aromatic carbocycles. The summed E-state index contributed by atoms with van der Waals surface area (Å²) in [7, 11) is 4.29. The van der Waals surface area contributed by atoms with Crippen LogP contribution in [0.15, 0.2) is 0 Å². The molecule has 2 N–H and O–H groups in total. The first-order chi connectivity index (χ1) is 8.56. The Kier molecular flexibility index (Phi) is 9.70. The maximum atomic E-state index is 6.16. The van der Waals surface area contributed by atoms with Crippen LogP contribution in [-0.2, 0) is 0 Å². The smallest absolute Gasteiger partial charge is 0.0332 e. The van der Waals surface area contributed by atoms with Crippen LogP contribution >= 0.6 is 0 Å². The van der Waals surface area contributed by atoms with Crippen LogP contribution in [0.5, 0.6) is 0 Å². The Labute approximate surface area is 115 Å². The summed E-state index contributed by atoms with van der Waals surface area (Å²) in [5.41, 5.74) is 6.39. The molecule has 0 aromatic rings. The van der Waals surface area contributed by atoms with Gasteiger partial charge in [0.1, 0.15) is 0 Å². The van der Waals surface area contributed by atoms with Crippen molar-refractivity contribution in [3.63, 3.8) is 0 Å². The molecule has 0 atom stereocenters. The van der Waals surface area contributed by atoms with Gasteiger partial charge >= 0.3 is 0 Å². The fourth-order valence-electron chi connectivity index (χ4n) is 2.88. The number of likely N-dealkylation sites (N-methyl/N-ethyl adjacent to an activating group) is 1. The molecule has 0 bridgehead atoms. The van der Waals surface area contributed by atoms with Gasteiger partial charge in [0.25, 0.3) is 0 Å². The second-order valence-corrected chi connectivity index (χ2v) is 5.72. The van der Waals surface area contributed by atoms with Crippen molar-refractivity contribution in [1.29, 1.82) is 0 Å². The summed E-state index contributed by atoms with van der Waals surface area (Å²) in [4.78, 5) is 4.92. The SMILES string of the molecule is CCCN(CCN(C)C)C(CN)(CCC)CCC. The molecule has 3 nitrogen and oxygen atoms in total. The Bertz CT molecular complexity index is 186. The molecule has 0 aliphatic carbocycles. The lowest BCUT2D eigenvalue weighted by molar-refractivity contribution is 0.0673. The summed E-state index contributed by atoms with van der Waals surface area (Å²) in [6, 6.07) is 0. The average Bonchev–Trinajstić information content (AvgIpc) is 2.34. The zero-order valence-corrected chi connectivity index (χ0v) is 13.3. The molecule has 0 aliphatic rings. The molecule has 110 valence electrons. The van der Waals surface area contributed by atoms with Gasteiger partial charge in [0.15, 0.2) is 0 Å². The largest absolute Gasteiger partial charge is 0.329 e. The summed E-state index contributed by atoms with van der Waals surface area (Å²) in [5.74, 6) is 0. The standard InChI is InChI=1S/C15H35N3/c1-6-9-15(14-16,10-7-2)18(11-8-3)13-12-17(4)5/h6-14,16H2,1-5H3. The van der Waals surface area contributed by atoms with Gasteiger partial charge in [-0.1, -0.05) is 33.6 Å². The van der Waals surface area contributed by atoms with Crippen LogP contribution in [0.2, 0.25) is 0 Å². The molecule has 0 aliphatic heterocycles. The predicted octanol–water partition coefficient (Wildman–Crippen LogP) is 2.56. The molecule has 3 heteroatoms. The first kappa shape index (κ1) is 17.9. The highest BCUT2D eigenvalue weighted by Gasteiger charge is 2.32. The van der Waals surface area contributed by atoms with Crippen molar-refractivity contribution in [1.82, 2.24) is 9.80 Å². The van der Waals surface area contributed by atoms with Gasteiger partial charge < -0.3 is 10.6 Å². The molecular formula is C15H35N3. The van der Waals surface area contributed by atoms with Crippen molar-refractivity contribution in [2.24, 2.45) is 5.73 Å². The summed E-state index contributed by atoms with van der Waals surface area (Å²) in [6.45, 7) is 11.0. The molecule has 0 fully saturated rings. The summed E-state index contributed by atoms with van der Waals surface area (Å²) < 4.78 is 0. The van der Waals surface area contributed by atoms with Crippen LogP contribution < -0.4 is 5.73 Å². The Morgan fingerprint density at radius 2 is 1.39 bits per heavy atom. The molecule has 0 aromatic heterocycles. The van der Waals surface area contributed by atoms with Crippen molar-refractivity contribution in [3.8, 4) is 0 Å². The number of hydrogen-bond acceptors (Lipinski definition) is 3. The van der Waals surface area contributed by atoms with E-state index in [-0.39, 0.29) is 5.54 Å². The monoisotopic (exact) mass is 257 g/mol. The minimum atomic E-state index is 0.232. The summed E-state index contributed by atoms with van der Waals surface area (Å²) >= 11 is 0. The van der Waals surface area contributed by atoms with Gasteiger partial charge in [-0.25, -0.2) is 0 Å². The van der Waals surface area contributed by atoms with Gasteiger partial charge in [0, 0.05) is 25.2 Å². The molecule has 0 unspecified atom stereocenters. The normalized spacial score (nSPS) is 12.7. The highest BCUT2D eigenvalue weighted by Crippen LogP contribution is 2.26. The molecule has 0 spiro atoms. The molecule has 0 rings (SSSR count). The van der Waals surface area contributed by atoms with E-state index < -0.39 is 0 Å². The van der Waals surface area contributed by atoms with Crippen molar-refractivity contribution in [2.45, 2.75) is 58.4 Å². The lowest BCUT2D eigenvalue weighted by Gasteiger charge is -2.44. The second kappa shape index (κ2) is 9.76. The van der Waals surface area contributed by atoms with Gasteiger partial charge in [0.05, 0.1) is 0 Å². The first-order valence-corrected chi connectivity index (χ1v) is 7.66. The van der Waals surface area contributed by atoms with Crippen molar-refractivity contribution < 1.29 is 0 Å². The maximum absolute atomic E-state index is 6.16. The molecule has 0 amide bonds. The third kappa shape index (κ3) is 5.68. The molecular weight excluding hydrogens is 222 g/mol. The van der Waals surface area contributed by atoms with Gasteiger partial charge in [-0.15, -0.1) is 0 Å². The minimum absolute atomic E-state index is 0.232. The number of nitrogens with zero attached hydrogens (tertiary/aromatic N) is 2. The van der Waals surface area contributed by atoms with Crippen LogP contribution in [0.4, 0.5) is 0 Å². The summed E-state index contributed by atoms with van der Waals surface area (Å²) in [5, 5.41) is 0. The maximum Gasteiger partial charge on any atom is 0.0332 e. The Balaban J connectivity index is 4.80. The van der Waals surface area contributed by atoms with Gasteiger partial charge in [0.2, 0.25) is 0 Å². The zero-order chi connectivity index (χ0) is 14.0. The van der Waals surface area contributed by atoms with E-state index >= 15 is 0 Å². The van der Waals surface area contributed by atoms with Crippen LogP contribution in [0.1, 0.15) is 52.9 Å². The minimum Gasteiger partial charge on any atom is -0.329 e. The fraction of sp³-hybridized carbons (Fsp3) is 1.00. The van der Waals surface area contributed by atoms with Crippen LogP contribution in [0.25, 0.3) is 0 Å². The molecule has 0 saturated carbocycles. The van der Waals surface area contributed by atoms with Crippen LogP contribution in [0.3, 0.4) is 0 Å². The number of rotatable bonds is 11. The Morgan fingerprint density at radius 3 is 1.72 bits per heavy atom. The molecule has 18 heavy (non-hydrogen) atoms. The molecule has 0 radical (unpaired) electrons. The quantitative estimate of drug-likeness (QED) is 0.617. The highest BCUT2D eigenvalue weighted by molar-refractivity contribution is 4.91. The topological polar surface area (TPSA) is 32.5 Å². The Hall–Kier alpha value is -0.120. The van der Waals surface area contributed by atoms with Crippen LogP contribution in [-0.4, -0.2) is 55.6 Å². The summed E-state index contributed by atoms with van der Waals surface area (Å²) in [6.07, 6.45) is 6.11. The van der Waals surface area contributed by atoms with Crippen molar-refractivity contribution in [2.75, 3.05) is 40.3 Å². The lowest BCUT2D eigenvalue weighted by atomic mass is 9.86. The fourth-order valence-corrected chi connectivity index (χ4v) is 2.88. The van der Waals surface area contributed by atoms with Gasteiger partial charge in [-0.05, 0) is 39.9 Å². The van der Waals surface area contributed by atoms with E-state index in [9.17, 15) is 0 Å². The highest BCUT2D eigenvalue weighted by atomic mass is 15.2. The van der Waals surface area contributed by atoms with Crippen molar-refractivity contribution >= 4 is 0 Å². The van der Waals surface area contributed by atoms with E-state index in [0.29, 0.717) is 0 Å². The molecule has 0 saturated heterocycles. The third-order valence-corrected chi connectivity index (χ3v) is 3.79. The van der Waals surface area contributed by atoms with E-state index in [1.54, 1.807) is 0 Å².